The van der Waals surface area contributed by atoms with Crippen LogP contribution in [0.2, 0.25) is 0 Å². The molecule has 98 valence electrons. The minimum Gasteiger partial charge on any atom is -0.392 e. The van der Waals surface area contributed by atoms with Gasteiger partial charge in [-0.2, -0.15) is 0 Å². The molecule has 0 aromatic carbocycles. The summed E-state index contributed by atoms with van der Waals surface area (Å²) in [5.74, 6) is 0.560. The van der Waals surface area contributed by atoms with Crippen molar-refractivity contribution in [2.24, 2.45) is 11.1 Å². The molecule has 3 N–H and O–H groups in total. The molecule has 1 saturated carbocycles. The van der Waals surface area contributed by atoms with Gasteiger partial charge < -0.3 is 11.1 Å². The normalized spacial score (nSPS) is 19.8. The van der Waals surface area contributed by atoms with Gasteiger partial charge in [0.15, 0.2) is 0 Å². The Morgan fingerprint density at radius 2 is 2.06 bits per heavy atom. The van der Waals surface area contributed by atoms with Crippen molar-refractivity contribution in [3.8, 4) is 0 Å². The quantitative estimate of drug-likeness (QED) is 0.554. The molecule has 1 amide bonds. The molecule has 1 aliphatic rings. The number of amides is 1. The summed E-state index contributed by atoms with van der Waals surface area (Å²) in [7, 11) is -0.803. The van der Waals surface area contributed by atoms with Crippen molar-refractivity contribution in [3.63, 3.8) is 0 Å². The highest BCUT2D eigenvalue weighted by molar-refractivity contribution is 7.84. The van der Waals surface area contributed by atoms with Crippen molar-refractivity contribution in [3.05, 3.63) is 0 Å². The van der Waals surface area contributed by atoms with E-state index in [1.165, 1.54) is 0 Å². The summed E-state index contributed by atoms with van der Waals surface area (Å²) in [6.07, 6.45) is 5.91. The topological polar surface area (TPSA) is 72.2 Å². The highest BCUT2D eigenvalue weighted by Crippen LogP contribution is 2.38. The van der Waals surface area contributed by atoms with Crippen LogP contribution in [-0.4, -0.2) is 33.7 Å². The highest BCUT2D eigenvalue weighted by Gasteiger charge is 2.43. The molecule has 0 bridgehead atoms. The number of carbonyl (C=O) groups is 1. The van der Waals surface area contributed by atoms with Crippen LogP contribution in [0.4, 0.5) is 0 Å². The van der Waals surface area contributed by atoms with Crippen molar-refractivity contribution < 1.29 is 9.00 Å². The molecule has 1 unspecified atom stereocenters. The van der Waals surface area contributed by atoms with Gasteiger partial charge in [0, 0.05) is 29.4 Å². The summed E-state index contributed by atoms with van der Waals surface area (Å²) in [5.41, 5.74) is 5.08. The van der Waals surface area contributed by atoms with Crippen LogP contribution in [0.1, 0.15) is 32.1 Å². The third kappa shape index (κ3) is 3.74. The molecule has 0 aliphatic heterocycles. The largest absolute Gasteiger partial charge is 0.392 e. The van der Waals surface area contributed by atoms with Gasteiger partial charge >= 0.3 is 0 Å². The number of nitrogens with two attached hydrogens (primary N) is 1. The van der Waals surface area contributed by atoms with E-state index in [0.717, 1.165) is 32.1 Å². The first-order valence-electron chi connectivity index (χ1n) is 5.87. The summed E-state index contributed by atoms with van der Waals surface area (Å²) in [4.78, 5) is 12.4. The maximum absolute atomic E-state index is 12.1. The number of nitrogens with one attached hydrogen (secondary N) is 1. The third-order valence-electron chi connectivity index (χ3n) is 3.26. The maximum atomic E-state index is 12.1. The standard InChI is InChI=1S/C11H20N2O2S2/c1-17(15)8-4-7-13-10(14)11(9(12)16)5-2-3-6-11/h2-8H2,1H3,(H2,12,16)(H,13,14). The van der Waals surface area contributed by atoms with Crippen LogP contribution in [0.3, 0.4) is 0 Å². The SMILES string of the molecule is CS(=O)CCCNC(=O)C1(C(N)=S)CCCC1. The zero-order valence-corrected chi connectivity index (χ0v) is 11.8. The number of hydrogen-bond donors (Lipinski definition) is 2. The molecular weight excluding hydrogens is 256 g/mol. The molecule has 1 rings (SSSR count). The van der Waals surface area contributed by atoms with E-state index >= 15 is 0 Å². The van der Waals surface area contributed by atoms with Gasteiger partial charge in [-0.05, 0) is 19.3 Å². The predicted octanol–water partition coefficient (Wildman–Crippen LogP) is 0.718. The van der Waals surface area contributed by atoms with Crippen LogP contribution in [-0.2, 0) is 15.6 Å². The summed E-state index contributed by atoms with van der Waals surface area (Å²) in [5, 5.41) is 2.86. The predicted molar refractivity (Wildman–Crippen MR) is 74.2 cm³/mol. The van der Waals surface area contributed by atoms with Crippen molar-refractivity contribution in [2.45, 2.75) is 32.1 Å². The lowest BCUT2D eigenvalue weighted by Gasteiger charge is -2.26. The summed E-state index contributed by atoms with van der Waals surface area (Å²) in [6.45, 7) is 0.544. The van der Waals surface area contributed by atoms with E-state index in [-0.39, 0.29) is 5.91 Å². The zero-order valence-electron chi connectivity index (χ0n) is 10.2. The minimum absolute atomic E-state index is 0.0515. The smallest absolute Gasteiger partial charge is 0.233 e. The molecule has 6 heteroatoms. The van der Waals surface area contributed by atoms with Crippen molar-refractivity contribution in [1.29, 1.82) is 0 Å². The molecule has 0 heterocycles. The van der Waals surface area contributed by atoms with Crippen molar-refractivity contribution in [1.82, 2.24) is 5.32 Å². The zero-order chi connectivity index (χ0) is 12.9. The molecule has 4 nitrogen and oxygen atoms in total. The fourth-order valence-corrected chi connectivity index (χ4v) is 3.06. The Morgan fingerprint density at radius 3 is 2.53 bits per heavy atom. The number of rotatable bonds is 6. The Hall–Kier alpha value is -0.490. The van der Waals surface area contributed by atoms with E-state index in [2.05, 4.69) is 5.32 Å². The van der Waals surface area contributed by atoms with Gasteiger partial charge in [-0.25, -0.2) is 0 Å². The van der Waals surface area contributed by atoms with E-state index in [9.17, 15) is 9.00 Å². The van der Waals surface area contributed by atoms with Crippen LogP contribution in [0.5, 0.6) is 0 Å². The van der Waals surface area contributed by atoms with Crippen LogP contribution in [0.25, 0.3) is 0 Å². The molecule has 0 radical (unpaired) electrons. The lowest BCUT2D eigenvalue weighted by molar-refractivity contribution is -0.127. The van der Waals surface area contributed by atoms with Gasteiger partial charge in [0.25, 0.3) is 0 Å². The molecule has 0 aromatic rings. The number of thiocarbonyl (C=S) groups is 1. The van der Waals surface area contributed by atoms with Gasteiger partial charge in [0.05, 0.1) is 10.4 Å². The van der Waals surface area contributed by atoms with Crippen molar-refractivity contribution in [2.75, 3.05) is 18.6 Å². The highest BCUT2D eigenvalue weighted by atomic mass is 32.2. The first-order valence-corrected chi connectivity index (χ1v) is 8.01. The second-order valence-electron chi connectivity index (χ2n) is 4.54. The Balaban J connectivity index is 2.44. The molecule has 1 aliphatic carbocycles. The lowest BCUT2D eigenvalue weighted by Crippen LogP contribution is -2.47. The van der Waals surface area contributed by atoms with Gasteiger partial charge in [0.1, 0.15) is 0 Å². The Kier molecular flexibility index (Phi) is 5.52. The fraction of sp³-hybridized carbons (Fsp3) is 0.818. The van der Waals surface area contributed by atoms with E-state index in [4.69, 9.17) is 18.0 Å². The second-order valence-corrected chi connectivity index (χ2v) is 6.53. The monoisotopic (exact) mass is 276 g/mol. The third-order valence-corrected chi connectivity index (χ3v) is 4.51. The minimum atomic E-state index is -0.803. The molecule has 0 spiro atoms. The summed E-state index contributed by atoms with van der Waals surface area (Å²) in [6, 6.07) is 0. The van der Waals surface area contributed by atoms with Crippen LogP contribution in [0, 0.1) is 5.41 Å². The first-order chi connectivity index (χ1) is 7.99. The van der Waals surface area contributed by atoms with Gasteiger partial charge in [-0.3, -0.25) is 9.00 Å². The van der Waals surface area contributed by atoms with Gasteiger partial charge in [-0.1, -0.05) is 25.1 Å². The van der Waals surface area contributed by atoms with E-state index in [0.29, 0.717) is 17.3 Å². The van der Waals surface area contributed by atoms with Gasteiger partial charge in [-0.15, -0.1) is 0 Å². The fourth-order valence-electron chi connectivity index (χ4n) is 2.21. The lowest BCUT2D eigenvalue weighted by atomic mass is 9.85. The van der Waals surface area contributed by atoms with Crippen LogP contribution >= 0.6 is 12.2 Å². The average Bonchev–Trinajstić information content (AvgIpc) is 2.74. The Labute approximate surface area is 110 Å². The van der Waals surface area contributed by atoms with Crippen LogP contribution in [0.15, 0.2) is 0 Å². The molecular formula is C11H20N2O2S2. The molecule has 1 fully saturated rings. The average molecular weight is 276 g/mol. The first kappa shape index (κ1) is 14.6. The van der Waals surface area contributed by atoms with E-state index < -0.39 is 16.2 Å². The number of carbonyl (C=O) groups excluding carboxylic acids is 1. The van der Waals surface area contributed by atoms with Crippen LogP contribution < -0.4 is 11.1 Å². The molecule has 1 atom stereocenters. The molecule has 17 heavy (non-hydrogen) atoms. The number of hydrogen-bond acceptors (Lipinski definition) is 3. The van der Waals surface area contributed by atoms with Crippen molar-refractivity contribution >= 4 is 33.9 Å². The molecule has 0 aromatic heterocycles. The maximum Gasteiger partial charge on any atom is 0.233 e. The second kappa shape index (κ2) is 6.44. The molecule has 0 saturated heterocycles. The van der Waals surface area contributed by atoms with E-state index in [1.54, 1.807) is 6.26 Å². The van der Waals surface area contributed by atoms with E-state index in [1.807, 2.05) is 0 Å². The summed E-state index contributed by atoms with van der Waals surface area (Å²) < 4.78 is 10.9. The Bertz CT molecular complexity index is 325. The summed E-state index contributed by atoms with van der Waals surface area (Å²) >= 11 is 5.03. The Morgan fingerprint density at radius 1 is 1.47 bits per heavy atom. The van der Waals surface area contributed by atoms with Gasteiger partial charge in [0.2, 0.25) is 5.91 Å².